The van der Waals surface area contributed by atoms with E-state index in [0.717, 1.165) is 19.6 Å². The Hall–Kier alpha value is -0.150. The summed E-state index contributed by atoms with van der Waals surface area (Å²) < 4.78 is 18.6. The predicted molar refractivity (Wildman–Crippen MR) is 40.3 cm³/mol. The Kier molecular flexibility index (Phi) is 1.85. The van der Waals surface area contributed by atoms with Crippen LogP contribution in [0.1, 0.15) is 12.8 Å². The van der Waals surface area contributed by atoms with E-state index in [-0.39, 0.29) is 0 Å². The van der Waals surface area contributed by atoms with Crippen molar-refractivity contribution in [2.75, 3.05) is 26.3 Å². The molecular weight excluding hydrogens is 145 g/mol. The molecule has 0 aromatic carbocycles. The highest BCUT2D eigenvalue weighted by Gasteiger charge is 2.39. The molecule has 0 aliphatic carbocycles. The van der Waals surface area contributed by atoms with Crippen LogP contribution >= 0.6 is 0 Å². The van der Waals surface area contributed by atoms with Crippen molar-refractivity contribution in [3.05, 3.63) is 0 Å². The minimum Gasteiger partial charge on any atom is -0.381 e. The quantitative estimate of drug-likeness (QED) is 0.641. The van der Waals surface area contributed by atoms with Crippen molar-refractivity contribution >= 4 is 0 Å². The van der Waals surface area contributed by atoms with Crippen molar-refractivity contribution in [1.29, 1.82) is 0 Å². The van der Waals surface area contributed by atoms with Gasteiger partial charge in [-0.3, -0.25) is 0 Å². The van der Waals surface area contributed by atoms with E-state index in [2.05, 4.69) is 5.32 Å². The highest BCUT2D eigenvalue weighted by molar-refractivity contribution is 4.95. The van der Waals surface area contributed by atoms with Gasteiger partial charge >= 0.3 is 0 Å². The molecule has 2 saturated heterocycles. The highest BCUT2D eigenvalue weighted by atomic mass is 19.1. The molecule has 0 spiro atoms. The average molecular weight is 159 g/mol. The summed E-state index contributed by atoms with van der Waals surface area (Å²) in [5.41, 5.74) is -0.904. The van der Waals surface area contributed by atoms with E-state index in [0.29, 0.717) is 25.4 Å². The maximum Gasteiger partial charge on any atom is 0.136 e. The smallest absolute Gasteiger partial charge is 0.136 e. The van der Waals surface area contributed by atoms with Crippen LogP contribution in [0.3, 0.4) is 0 Å². The van der Waals surface area contributed by atoms with E-state index < -0.39 is 5.67 Å². The molecule has 1 atom stereocenters. The van der Waals surface area contributed by atoms with Crippen molar-refractivity contribution in [1.82, 2.24) is 5.32 Å². The molecule has 64 valence electrons. The molecular formula is C8H14FNO. The number of halogens is 1. The summed E-state index contributed by atoms with van der Waals surface area (Å²) in [4.78, 5) is 0. The number of nitrogens with one attached hydrogen (secondary N) is 1. The second kappa shape index (κ2) is 2.72. The number of hydrogen-bond donors (Lipinski definition) is 1. The Morgan fingerprint density at radius 2 is 2.36 bits per heavy atom. The first-order valence-corrected chi connectivity index (χ1v) is 4.26. The third-order valence-electron chi connectivity index (χ3n) is 2.56. The first-order valence-electron chi connectivity index (χ1n) is 4.26. The van der Waals surface area contributed by atoms with E-state index in [1.807, 2.05) is 0 Å². The van der Waals surface area contributed by atoms with Gasteiger partial charge < -0.3 is 10.1 Å². The van der Waals surface area contributed by atoms with Gasteiger partial charge in [0.05, 0.1) is 0 Å². The van der Waals surface area contributed by atoms with Crippen molar-refractivity contribution in [2.24, 2.45) is 5.92 Å². The standard InChI is InChI=1S/C8H14FNO/c9-8(5-10-6-8)3-7-1-2-11-4-7/h7,10H,1-6H2. The molecule has 2 aliphatic heterocycles. The van der Waals surface area contributed by atoms with Crippen LogP contribution in [0, 0.1) is 5.92 Å². The molecule has 1 N–H and O–H groups in total. The fraction of sp³-hybridized carbons (Fsp3) is 1.00. The molecule has 2 nitrogen and oxygen atoms in total. The molecule has 11 heavy (non-hydrogen) atoms. The largest absolute Gasteiger partial charge is 0.381 e. The van der Waals surface area contributed by atoms with Gasteiger partial charge in [-0.05, 0) is 18.8 Å². The van der Waals surface area contributed by atoms with E-state index in [4.69, 9.17) is 4.74 Å². The molecule has 0 bridgehead atoms. The molecule has 0 saturated carbocycles. The molecule has 2 fully saturated rings. The van der Waals surface area contributed by atoms with Gasteiger partial charge in [-0.15, -0.1) is 0 Å². The van der Waals surface area contributed by atoms with E-state index in [1.165, 1.54) is 0 Å². The lowest BCUT2D eigenvalue weighted by atomic mass is 9.87. The fourth-order valence-electron chi connectivity index (χ4n) is 1.80. The van der Waals surface area contributed by atoms with Crippen LogP contribution in [0.25, 0.3) is 0 Å². The molecule has 0 radical (unpaired) electrons. The van der Waals surface area contributed by atoms with Gasteiger partial charge in [0.25, 0.3) is 0 Å². The summed E-state index contributed by atoms with van der Waals surface area (Å²) in [6, 6.07) is 0. The SMILES string of the molecule is FC1(CC2CCOC2)CNC1. The molecule has 3 heteroatoms. The molecule has 2 rings (SSSR count). The summed E-state index contributed by atoms with van der Waals surface area (Å²) >= 11 is 0. The minimum absolute atomic E-state index is 0.474. The van der Waals surface area contributed by atoms with Gasteiger partial charge in [0, 0.05) is 26.3 Å². The first kappa shape index (κ1) is 7.50. The second-order valence-electron chi connectivity index (χ2n) is 3.69. The zero-order valence-electron chi connectivity index (χ0n) is 6.61. The van der Waals surface area contributed by atoms with Gasteiger partial charge in [0.15, 0.2) is 0 Å². The summed E-state index contributed by atoms with van der Waals surface area (Å²) in [5.74, 6) is 0.474. The monoisotopic (exact) mass is 159 g/mol. The van der Waals surface area contributed by atoms with Crippen molar-refractivity contribution < 1.29 is 9.13 Å². The summed E-state index contributed by atoms with van der Waals surface area (Å²) in [6.07, 6.45) is 1.74. The highest BCUT2D eigenvalue weighted by Crippen LogP contribution is 2.29. The Bertz CT molecular complexity index is 141. The first-order chi connectivity index (χ1) is 5.29. The number of hydrogen-bond acceptors (Lipinski definition) is 2. The molecule has 1 unspecified atom stereocenters. The summed E-state index contributed by atoms with van der Waals surface area (Å²) in [7, 11) is 0. The maximum atomic E-state index is 13.4. The van der Waals surface area contributed by atoms with Gasteiger partial charge in [0.1, 0.15) is 5.67 Å². The lowest BCUT2D eigenvalue weighted by molar-refractivity contribution is 0.0569. The third-order valence-corrected chi connectivity index (χ3v) is 2.56. The van der Waals surface area contributed by atoms with Crippen LogP contribution in [-0.4, -0.2) is 32.0 Å². The van der Waals surface area contributed by atoms with Crippen molar-refractivity contribution in [3.8, 4) is 0 Å². The Morgan fingerprint density at radius 1 is 1.55 bits per heavy atom. The number of alkyl halides is 1. The van der Waals surface area contributed by atoms with Crippen LogP contribution in [0.4, 0.5) is 4.39 Å². The van der Waals surface area contributed by atoms with Crippen LogP contribution in [0.2, 0.25) is 0 Å². The average Bonchev–Trinajstić information content (AvgIpc) is 2.36. The van der Waals surface area contributed by atoms with E-state index in [1.54, 1.807) is 0 Å². The normalized spacial score (nSPS) is 35.2. The van der Waals surface area contributed by atoms with Crippen LogP contribution in [-0.2, 0) is 4.74 Å². The van der Waals surface area contributed by atoms with Crippen molar-refractivity contribution in [3.63, 3.8) is 0 Å². The lowest BCUT2D eigenvalue weighted by Crippen LogP contribution is -2.57. The Balaban J connectivity index is 1.79. The molecule has 2 aliphatic rings. The fourth-order valence-corrected chi connectivity index (χ4v) is 1.80. The van der Waals surface area contributed by atoms with Gasteiger partial charge in [-0.25, -0.2) is 4.39 Å². The Labute approximate surface area is 66.1 Å². The molecule has 0 aromatic heterocycles. The molecule has 0 amide bonds. The maximum absolute atomic E-state index is 13.4. The number of ether oxygens (including phenoxy) is 1. The van der Waals surface area contributed by atoms with E-state index in [9.17, 15) is 4.39 Å². The van der Waals surface area contributed by atoms with E-state index >= 15 is 0 Å². The number of rotatable bonds is 2. The topological polar surface area (TPSA) is 21.3 Å². The zero-order valence-corrected chi connectivity index (χ0v) is 6.61. The van der Waals surface area contributed by atoms with Crippen molar-refractivity contribution in [2.45, 2.75) is 18.5 Å². The predicted octanol–water partition coefficient (Wildman–Crippen LogP) is 0.724. The third kappa shape index (κ3) is 1.54. The summed E-state index contributed by atoms with van der Waals surface area (Å²) in [5, 5.41) is 2.96. The Morgan fingerprint density at radius 3 is 2.82 bits per heavy atom. The second-order valence-corrected chi connectivity index (χ2v) is 3.69. The van der Waals surface area contributed by atoms with Crippen LogP contribution in [0.15, 0.2) is 0 Å². The zero-order chi connectivity index (χ0) is 7.73. The van der Waals surface area contributed by atoms with Gasteiger partial charge in [-0.1, -0.05) is 0 Å². The molecule has 2 heterocycles. The molecule has 0 aromatic rings. The summed E-state index contributed by atoms with van der Waals surface area (Å²) in [6.45, 7) is 2.69. The minimum atomic E-state index is -0.904. The lowest BCUT2D eigenvalue weighted by Gasteiger charge is -2.36. The van der Waals surface area contributed by atoms with Crippen LogP contribution in [0.5, 0.6) is 0 Å². The van der Waals surface area contributed by atoms with Crippen LogP contribution < -0.4 is 5.32 Å². The van der Waals surface area contributed by atoms with Gasteiger partial charge in [-0.2, -0.15) is 0 Å². The van der Waals surface area contributed by atoms with Gasteiger partial charge in [0.2, 0.25) is 0 Å².